The second-order valence-corrected chi connectivity index (χ2v) is 6.19. The number of rotatable bonds is 15. The molecule has 1 amide bonds. The molecule has 0 bridgehead atoms. The summed E-state index contributed by atoms with van der Waals surface area (Å²) in [6.45, 7) is 4.65. The minimum atomic E-state index is -0.633. The van der Waals surface area contributed by atoms with E-state index in [0.717, 1.165) is 19.3 Å². The zero-order valence-corrected chi connectivity index (χ0v) is 15.9. The van der Waals surface area contributed by atoms with Crippen molar-refractivity contribution in [1.82, 2.24) is 5.32 Å². The third-order valence-electron chi connectivity index (χ3n) is 3.86. The number of ether oxygens (including phenoxy) is 1. The quantitative estimate of drug-likeness (QED) is 0.180. The van der Waals surface area contributed by atoms with E-state index in [-0.39, 0.29) is 18.5 Å². The molecule has 0 unspecified atom stereocenters. The largest absolute Gasteiger partial charge is 0.464 e. The van der Waals surface area contributed by atoms with Crippen molar-refractivity contribution in [3.63, 3.8) is 0 Å². The fraction of sp³-hybridized carbons (Fsp3) is 0.833. The van der Waals surface area contributed by atoms with Gasteiger partial charge in [0.05, 0.1) is 6.61 Å². The second-order valence-electron chi connectivity index (χ2n) is 6.19. The Labute approximate surface area is 152 Å². The average molecular weight is 357 g/mol. The molecule has 0 aromatic carbocycles. The van der Waals surface area contributed by atoms with Crippen LogP contribution in [0.4, 0.5) is 0 Å². The van der Waals surface area contributed by atoms with Gasteiger partial charge in [-0.3, -0.25) is 9.79 Å². The van der Waals surface area contributed by atoms with Crippen LogP contribution in [-0.4, -0.2) is 37.0 Å². The van der Waals surface area contributed by atoms with Crippen molar-refractivity contribution in [3.05, 3.63) is 0 Å². The SMILES string of the molecule is CCCCCCCCCC(=O)N[C@@H](CCCN=C(N)N)C(=O)OCC. The molecule has 0 aromatic heterocycles. The van der Waals surface area contributed by atoms with Crippen LogP contribution < -0.4 is 16.8 Å². The van der Waals surface area contributed by atoms with Crippen molar-refractivity contribution >= 4 is 17.8 Å². The topological polar surface area (TPSA) is 120 Å². The molecule has 5 N–H and O–H groups in total. The number of carbonyl (C=O) groups excluding carboxylic acids is 2. The average Bonchev–Trinajstić information content (AvgIpc) is 2.56. The van der Waals surface area contributed by atoms with Gasteiger partial charge in [-0.15, -0.1) is 0 Å². The number of unbranched alkanes of at least 4 members (excludes halogenated alkanes) is 6. The van der Waals surface area contributed by atoms with Gasteiger partial charge in [0.2, 0.25) is 5.91 Å². The molecule has 7 nitrogen and oxygen atoms in total. The van der Waals surface area contributed by atoms with Gasteiger partial charge in [-0.1, -0.05) is 45.4 Å². The molecule has 0 aromatic rings. The smallest absolute Gasteiger partial charge is 0.328 e. The lowest BCUT2D eigenvalue weighted by Crippen LogP contribution is -2.42. The molecule has 1 atom stereocenters. The van der Waals surface area contributed by atoms with E-state index >= 15 is 0 Å². The molecule has 0 spiro atoms. The zero-order valence-electron chi connectivity index (χ0n) is 15.9. The van der Waals surface area contributed by atoms with Gasteiger partial charge >= 0.3 is 5.97 Å². The Hall–Kier alpha value is -1.79. The monoisotopic (exact) mass is 356 g/mol. The van der Waals surface area contributed by atoms with E-state index in [9.17, 15) is 9.59 Å². The van der Waals surface area contributed by atoms with E-state index in [1.807, 2.05) is 0 Å². The predicted molar refractivity (Wildman–Crippen MR) is 101 cm³/mol. The summed E-state index contributed by atoms with van der Waals surface area (Å²) in [5.41, 5.74) is 10.5. The third kappa shape index (κ3) is 14.3. The summed E-state index contributed by atoms with van der Waals surface area (Å²) in [6, 6.07) is -0.633. The number of hydrogen-bond donors (Lipinski definition) is 3. The number of carbonyl (C=O) groups is 2. The van der Waals surface area contributed by atoms with Crippen molar-refractivity contribution < 1.29 is 14.3 Å². The normalized spacial score (nSPS) is 11.6. The maximum absolute atomic E-state index is 12.1. The molecule has 146 valence electrons. The van der Waals surface area contributed by atoms with Crippen LogP contribution in [0.5, 0.6) is 0 Å². The number of nitrogens with one attached hydrogen (secondary N) is 1. The lowest BCUT2D eigenvalue weighted by molar-refractivity contribution is -0.147. The van der Waals surface area contributed by atoms with Crippen LogP contribution in [0.2, 0.25) is 0 Å². The van der Waals surface area contributed by atoms with E-state index in [1.165, 1.54) is 25.7 Å². The van der Waals surface area contributed by atoms with Gasteiger partial charge in [-0.05, 0) is 26.2 Å². The first kappa shape index (κ1) is 23.2. The minimum Gasteiger partial charge on any atom is -0.464 e. The maximum atomic E-state index is 12.1. The number of esters is 1. The molecule has 0 rings (SSSR count). The highest BCUT2D eigenvalue weighted by atomic mass is 16.5. The van der Waals surface area contributed by atoms with Crippen LogP contribution in [0.1, 0.15) is 78.1 Å². The van der Waals surface area contributed by atoms with Gasteiger partial charge < -0.3 is 21.5 Å². The molecule has 0 radical (unpaired) electrons. The Morgan fingerprint density at radius 2 is 1.64 bits per heavy atom. The van der Waals surface area contributed by atoms with Gasteiger partial charge in [0.15, 0.2) is 5.96 Å². The molecule has 0 aliphatic rings. The van der Waals surface area contributed by atoms with Crippen molar-refractivity contribution in [1.29, 1.82) is 0 Å². The standard InChI is InChI=1S/C18H36N4O3/c1-3-5-6-7-8-9-10-13-16(23)22-15(17(24)25-4-2)12-11-14-21-18(19)20/h15H,3-14H2,1-2H3,(H,22,23)(H4,19,20,21)/t15-/m0/s1. The molecular weight excluding hydrogens is 320 g/mol. The lowest BCUT2D eigenvalue weighted by Gasteiger charge is -2.17. The molecular formula is C18H36N4O3. The number of amides is 1. The van der Waals surface area contributed by atoms with E-state index in [1.54, 1.807) is 6.92 Å². The number of guanidine groups is 1. The zero-order chi connectivity index (χ0) is 18.9. The molecule has 7 heteroatoms. The van der Waals surface area contributed by atoms with Gasteiger partial charge in [0.1, 0.15) is 6.04 Å². The first-order valence-electron chi connectivity index (χ1n) is 9.52. The highest BCUT2D eigenvalue weighted by Gasteiger charge is 2.21. The maximum Gasteiger partial charge on any atom is 0.328 e. The van der Waals surface area contributed by atoms with Gasteiger partial charge in [0, 0.05) is 13.0 Å². The number of hydrogen-bond acceptors (Lipinski definition) is 4. The predicted octanol–water partition coefficient (Wildman–Crippen LogP) is 2.23. The summed E-state index contributed by atoms with van der Waals surface area (Å²) in [5, 5.41) is 2.78. The van der Waals surface area contributed by atoms with Crippen LogP contribution in [0.15, 0.2) is 4.99 Å². The Morgan fingerprint density at radius 3 is 2.24 bits per heavy atom. The summed E-state index contributed by atoms with van der Waals surface area (Å²) in [7, 11) is 0. The van der Waals surface area contributed by atoms with Gasteiger partial charge in [-0.2, -0.15) is 0 Å². The Bertz CT molecular complexity index is 396. The van der Waals surface area contributed by atoms with E-state index in [0.29, 0.717) is 25.8 Å². The summed E-state index contributed by atoms with van der Waals surface area (Å²) in [5.74, 6) is -0.482. The van der Waals surface area contributed by atoms with Crippen LogP contribution in [0, 0.1) is 0 Å². The Balaban J connectivity index is 4.10. The molecule has 0 heterocycles. The van der Waals surface area contributed by atoms with Crippen LogP contribution in [-0.2, 0) is 14.3 Å². The fourth-order valence-electron chi connectivity index (χ4n) is 2.50. The molecule has 0 aliphatic heterocycles. The molecule has 0 saturated carbocycles. The molecule has 25 heavy (non-hydrogen) atoms. The summed E-state index contributed by atoms with van der Waals surface area (Å²) in [6.07, 6.45) is 9.56. The van der Waals surface area contributed by atoms with Crippen LogP contribution in [0.3, 0.4) is 0 Å². The van der Waals surface area contributed by atoms with Crippen molar-refractivity contribution in [2.24, 2.45) is 16.5 Å². The number of aliphatic imine (C=N–C) groups is 1. The van der Waals surface area contributed by atoms with Crippen LogP contribution >= 0.6 is 0 Å². The van der Waals surface area contributed by atoms with Crippen LogP contribution in [0.25, 0.3) is 0 Å². The Morgan fingerprint density at radius 1 is 1.00 bits per heavy atom. The first-order chi connectivity index (χ1) is 12.0. The highest BCUT2D eigenvalue weighted by Crippen LogP contribution is 2.09. The third-order valence-corrected chi connectivity index (χ3v) is 3.86. The summed E-state index contributed by atoms with van der Waals surface area (Å²) < 4.78 is 5.02. The van der Waals surface area contributed by atoms with Crippen molar-refractivity contribution in [2.75, 3.05) is 13.2 Å². The molecule has 0 fully saturated rings. The lowest BCUT2D eigenvalue weighted by atomic mass is 10.1. The molecule has 0 aliphatic carbocycles. The molecule has 0 saturated heterocycles. The fourth-order valence-corrected chi connectivity index (χ4v) is 2.50. The number of nitrogens with two attached hydrogens (primary N) is 2. The summed E-state index contributed by atoms with van der Waals surface area (Å²) >= 11 is 0. The Kier molecular flexibility index (Phi) is 14.6. The van der Waals surface area contributed by atoms with E-state index in [4.69, 9.17) is 16.2 Å². The van der Waals surface area contributed by atoms with E-state index in [2.05, 4.69) is 17.2 Å². The van der Waals surface area contributed by atoms with Crippen molar-refractivity contribution in [2.45, 2.75) is 84.1 Å². The second kappa shape index (κ2) is 15.7. The summed E-state index contributed by atoms with van der Waals surface area (Å²) in [4.78, 5) is 27.9. The van der Waals surface area contributed by atoms with Gasteiger partial charge in [-0.25, -0.2) is 4.79 Å². The number of nitrogens with zero attached hydrogens (tertiary/aromatic N) is 1. The highest BCUT2D eigenvalue weighted by molar-refractivity contribution is 5.84. The van der Waals surface area contributed by atoms with E-state index < -0.39 is 12.0 Å². The minimum absolute atomic E-state index is 0.0238. The van der Waals surface area contributed by atoms with Gasteiger partial charge in [0.25, 0.3) is 0 Å². The first-order valence-corrected chi connectivity index (χ1v) is 9.52. The van der Waals surface area contributed by atoms with Crippen molar-refractivity contribution in [3.8, 4) is 0 Å².